The molecule has 0 aliphatic heterocycles. The van der Waals surface area contributed by atoms with Crippen LogP contribution in [-0.2, 0) is 4.79 Å². The number of aliphatic carboxylic acids is 1. The predicted molar refractivity (Wildman–Crippen MR) is 130 cm³/mol. The van der Waals surface area contributed by atoms with Crippen LogP contribution >= 0.6 is 11.6 Å². The number of aromatic nitrogens is 5. The minimum Gasteiger partial charge on any atom is -0.481 e. The number of aromatic amines is 1. The van der Waals surface area contributed by atoms with Crippen LogP contribution in [0.25, 0.3) is 27.8 Å². The van der Waals surface area contributed by atoms with Crippen LogP contribution in [0.2, 0.25) is 5.02 Å². The van der Waals surface area contributed by atoms with Gasteiger partial charge in [-0.25, -0.2) is 19.3 Å². The lowest BCUT2D eigenvalue weighted by Crippen LogP contribution is -2.13. The normalized spacial score (nSPS) is 11.8. The molecule has 0 saturated heterocycles. The molecule has 0 radical (unpaired) electrons. The maximum absolute atomic E-state index is 14.0. The monoisotopic (exact) mass is 480 g/mol. The molecular weight excluding hydrogens is 459 g/mol. The van der Waals surface area contributed by atoms with Crippen LogP contribution in [-0.4, -0.2) is 35.6 Å². The van der Waals surface area contributed by atoms with E-state index in [1.165, 1.54) is 18.5 Å². The van der Waals surface area contributed by atoms with Crippen molar-refractivity contribution in [3.8, 4) is 5.69 Å². The summed E-state index contributed by atoms with van der Waals surface area (Å²) in [5.74, 6) is -0.396. The van der Waals surface area contributed by atoms with Gasteiger partial charge in [-0.15, -0.1) is 0 Å². The number of halogens is 2. The minimum absolute atomic E-state index is 0.147. The molecule has 0 fully saturated rings. The molecule has 3 N–H and O–H groups in total. The molecule has 0 aliphatic rings. The summed E-state index contributed by atoms with van der Waals surface area (Å²) in [7, 11) is 0. The zero-order chi connectivity index (χ0) is 24.2. The molecule has 0 spiro atoms. The van der Waals surface area contributed by atoms with Gasteiger partial charge < -0.3 is 20.0 Å². The van der Waals surface area contributed by atoms with E-state index in [1.54, 1.807) is 19.3 Å². The molecule has 174 valence electrons. The van der Waals surface area contributed by atoms with Gasteiger partial charge in [0.05, 0.1) is 17.9 Å². The van der Waals surface area contributed by atoms with Gasteiger partial charge in [-0.1, -0.05) is 30.7 Å². The van der Waals surface area contributed by atoms with E-state index in [0.29, 0.717) is 16.5 Å². The summed E-state index contributed by atoms with van der Waals surface area (Å²) in [5, 5.41) is 12.8. The first kappa shape index (κ1) is 23.2. The van der Waals surface area contributed by atoms with Crippen LogP contribution in [0.4, 0.5) is 10.2 Å². The van der Waals surface area contributed by atoms with Gasteiger partial charge in [-0.05, 0) is 43.3 Å². The van der Waals surface area contributed by atoms with Crippen molar-refractivity contribution in [1.29, 1.82) is 0 Å². The lowest BCUT2D eigenvalue weighted by molar-refractivity contribution is -0.136. The SMILES string of the molecule is CC(Nc1ncnc2nc[nH]c12)c1cc2ccc(Cl)cc2n1-c1cccc(F)c1.CCC(=O)O. The Balaban J connectivity index is 0.000000499. The van der Waals surface area contributed by atoms with Crippen molar-refractivity contribution >= 4 is 45.5 Å². The largest absolute Gasteiger partial charge is 0.481 e. The minimum atomic E-state index is -0.745. The number of hydrogen-bond donors (Lipinski definition) is 3. The third-order valence-electron chi connectivity index (χ3n) is 5.18. The quantitative estimate of drug-likeness (QED) is 0.296. The summed E-state index contributed by atoms with van der Waals surface area (Å²) >= 11 is 6.25. The number of H-pyrrole nitrogens is 1. The number of carbonyl (C=O) groups is 1. The van der Waals surface area contributed by atoms with Gasteiger partial charge in [0.15, 0.2) is 11.5 Å². The van der Waals surface area contributed by atoms with Crippen molar-refractivity contribution < 1.29 is 14.3 Å². The average Bonchev–Trinajstić information content (AvgIpc) is 3.44. The predicted octanol–water partition coefficient (Wildman–Crippen LogP) is 5.74. The highest BCUT2D eigenvalue weighted by molar-refractivity contribution is 6.31. The van der Waals surface area contributed by atoms with Crippen molar-refractivity contribution in [3.63, 3.8) is 0 Å². The second-order valence-corrected chi connectivity index (χ2v) is 7.96. The lowest BCUT2D eigenvalue weighted by atomic mass is 10.2. The molecule has 0 bridgehead atoms. The lowest BCUT2D eigenvalue weighted by Gasteiger charge is -2.18. The summed E-state index contributed by atoms with van der Waals surface area (Å²) in [4.78, 5) is 25.1. The number of nitrogens with one attached hydrogen (secondary N) is 2. The van der Waals surface area contributed by atoms with E-state index in [9.17, 15) is 9.18 Å². The Hall–Kier alpha value is -3.98. The topological polar surface area (TPSA) is 109 Å². The van der Waals surface area contributed by atoms with Gasteiger partial charge >= 0.3 is 5.97 Å². The average molecular weight is 481 g/mol. The summed E-state index contributed by atoms with van der Waals surface area (Å²) in [6.45, 7) is 3.62. The van der Waals surface area contributed by atoms with Crippen molar-refractivity contribution in [1.82, 2.24) is 24.5 Å². The van der Waals surface area contributed by atoms with Crippen LogP contribution < -0.4 is 5.32 Å². The second-order valence-electron chi connectivity index (χ2n) is 7.52. The Morgan fingerprint density at radius 3 is 2.74 bits per heavy atom. The van der Waals surface area contributed by atoms with Crippen molar-refractivity contribution in [3.05, 3.63) is 77.7 Å². The van der Waals surface area contributed by atoms with Crippen molar-refractivity contribution in [2.45, 2.75) is 26.3 Å². The van der Waals surface area contributed by atoms with E-state index >= 15 is 0 Å². The van der Waals surface area contributed by atoms with E-state index in [4.69, 9.17) is 16.7 Å². The highest BCUT2D eigenvalue weighted by atomic mass is 35.5. The van der Waals surface area contributed by atoms with E-state index < -0.39 is 5.97 Å². The van der Waals surface area contributed by atoms with Gasteiger partial charge in [-0.2, -0.15) is 0 Å². The maximum Gasteiger partial charge on any atom is 0.303 e. The number of benzene rings is 2. The van der Waals surface area contributed by atoms with E-state index in [1.807, 2.05) is 35.8 Å². The summed E-state index contributed by atoms with van der Waals surface area (Å²) in [5.41, 5.74) is 3.89. The molecule has 3 aromatic heterocycles. The maximum atomic E-state index is 14.0. The number of fused-ring (bicyclic) bond motifs is 2. The molecule has 2 aromatic carbocycles. The number of imidazole rings is 1. The van der Waals surface area contributed by atoms with E-state index in [-0.39, 0.29) is 18.3 Å². The summed E-state index contributed by atoms with van der Waals surface area (Å²) in [6, 6.07) is 14.1. The van der Waals surface area contributed by atoms with Crippen molar-refractivity contribution in [2.75, 3.05) is 5.32 Å². The molecule has 5 aromatic rings. The number of nitrogens with zero attached hydrogens (tertiary/aromatic N) is 4. The molecule has 0 saturated carbocycles. The van der Waals surface area contributed by atoms with Gasteiger partial charge in [0.1, 0.15) is 17.7 Å². The zero-order valence-electron chi connectivity index (χ0n) is 18.5. The Kier molecular flexibility index (Phi) is 6.74. The number of rotatable bonds is 5. The number of carboxylic acid groups (broad SMARTS) is 1. The van der Waals surface area contributed by atoms with Crippen LogP contribution in [0.1, 0.15) is 32.0 Å². The molecule has 0 aliphatic carbocycles. The van der Waals surface area contributed by atoms with Gasteiger partial charge in [-0.3, -0.25) is 4.79 Å². The molecule has 3 heterocycles. The van der Waals surface area contributed by atoms with Crippen LogP contribution in [0.3, 0.4) is 0 Å². The fourth-order valence-corrected chi connectivity index (χ4v) is 3.74. The first-order valence-corrected chi connectivity index (χ1v) is 10.9. The molecule has 34 heavy (non-hydrogen) atoms. The number of carboxylic acids is 1. The summed E-state index contributed by atoms with van der Waals surface area (Å²) < 4.78 is 16.0. The highest BCUT2D eigenvalue weighted by Crippen LogP contribution is 2.32. The smallest absolute Gasteiger partial charge is 0.303 e. The second kappa shape index (κ2) is 9.88. The van der Waals surface area contributed by atoms with Gasteiger partial charge in [0, 0.05) is 28.2 Å². The molecule has 10 heteroatoms. The van der Waals surface area contributed by atoms with Gasteiger partial charge in [0.25, 0.3) is 0 Å². The molecule has 8 nitrogen and oxygen atoms in total. The number of hydrogen-bond acceptors (Lipinski definition) is 5. The molecular formula is C24H22ClFN6O2. The Bertz CT molecular complexity index is 1460. The van der Waals surface area contributed by atoms with Crippen LogP contribution in [0, 0.1) is 5.82 Å². The Morgan fingerprint density at radius 2 is 2.00 bits per heavy atom. The first-order valence-electron chi connectivity index (χ1n) is 10.6. The Morgan fingerprint density at radius 1 is 1.21 bits per heavy atom. The fourth-order valence-electron chi connectivity index (χ4n) is 3.57. The molecule has 0 amide bonds. The van der Waals surface area contributed by atoms with E-state index in [2.05, 4.69) is 31.3 Å². The van der Waals surface area contributed by atoms with Gasteiger partial charge in [0.2, 0.25) is 0 Å². The molecule has 1 unspecified atom stereocenters. The summed E-state index contributed by atoms with van der Waals surface area (Å²) in [6.07, 6.45) is 3.28. The van der Waals surface area contributed by atoms with Crippen LogP contribution in [0.5, 0.6) is 0 Å². The third-order valence-corrected chi connectivity index (χ3v) is 5.42. The number of anilines is 1. The highest BCUT2D eigenvalue weighted by Gasteiger charge is 2.18. The first-order chi connectivity index (χ1) is 16.4. The molecule has 5 rings (SSSR count). The fraction of sp³-hybridized carbons (Fsp3) is 0.167. The Labute approximate surface area is 199 Å². The van der Waals surface area contributed by atoms with Crippen LogP contribution in [0.15, 0.2) is 61.2 Å². The molecule has 1 atom stereocenters. The van der Waals surface area contributed by atoms with Crippen molar-refractivity contribution in [2.24, 2.45) is 0 Å². The standard InChI is InChI=1S/C21H16ClFN6.C3H6O2/c1-12(28-21-19-20(25-10-24-19)26-11-27-21)17-7-13-5-6-14(22)8-18(13)29(17)16-4-2-3-15(23)9-16;1-2-3(4)5/h2-12H,1H3,(H2,24,25,26,27,28);2H2,1H3,(H,4,5). The third kappa shape index (κ3) is 4.84. The van der Waals surface area contributed by atoms with E-state index in [0.717, 1.165) is 27.8 Å². The zero-order valence-corrected chi connectivity index (χ0v) is 19.2.